The van der Waals surface area contributed by atoms with Crippen molar-refractivity contribution in [2.75, 3.05) is 7.11 Å². The number of halogens is 1. The van der Waals surface area contributed by atoms with E-state index in [0.717, 1.165) is 0 Å². The molecule has 0 atom stereocenters. The van der Waals surface area contributed by atoms with Gasteiger partial charge in [0.1, 0.15) is 11.8 Å². The van der Waals surface area contributed by atoms with Crippen LogP contribution in [0.2, 0.25) is 0 Å². The minimum Gasteiger partial charge on any atom is -0.496 e. The number of aldehydes is 1. The van der Waals surface area contributed by atoms with Crippen LogP contribution in [-0.2, 0) is 0 Å². The zero-order valence-electron chi connectivity index (χ0n) is 7.78. The van der Waals surface area contributed by atoms with Gasteiger partial charge in [-0.05, 0) is 23.7 Å². The monoisotopic (exact) mass is 223 g/mol. The van der Waals surface area contributed by atoms with Crippen molar-refractivity contribution in [1.29, 1.82) is 5.26 Å². The Labute approximate surface area is 91.0 Å². The molecule has 0 spiro atoms. The van der Waals surface area contributed by atoms with Gasteiger partial charge < -0.3 is 4.74 Å². The van der Waals surface area contributed by atoms with Crippen molar-refractivity contribution < 1.29 is 14.3 Å². The van der Waals surface area contributed by atoms with Crippen molar-refractivity contribution in [1.82, 2.24) is 0 Å². The molecule has 76 valence electrons. The second-order valence-electron chi connectivity index (χ2n) is 2.61. The summed E-state index contributed by atoms with van der Waals surface area (Å²) in [4.78, 5) is 21.7. The fourth-order valence-electron chi connectivity index (χ4n) is 1.18. The van der Waals surface area contributed by atoms with Crippen molar-refractivity contribution in [3.8, 4) is 11.8 Å². The number of carbonyl (C=O) groups is 2. The molecule has 0 fully saturated rings. The van der Waals surface area contributed by atoms with Crippen LogP contribution >= 0.6 is 11.6 Å². The number of rotatable bonds is 3. The summed E-state index contributed by atoms with van der Waals surface area (Å²) < 4.78 is 4.88. The molecule has 4 nitrogen and oxygen atoms in total. The van der Waals surface area contributed by atoms with E-state index in [-0.39, 0.29) is 22.4 Å². The van der Waals surface area contributed by atoms with Crippen LogP contribution in [0.5, 0.6) is 5.75 Å². The Morgan fingerprint density at radius 3 is 2.67 bits per heavy atom. The summed E-state index contributed by atoms with van der Waals surface area (Å²) in [5, 5.41) is 8.00. The number of nitriles is 1. The third-order valence-electron chi connectivity index (χ3n) is 1.85. The van der Waals surface area contributed by atoms with E-state index in [1.165, 1.54) is 19.2 Å². The predicted octanol–water partition coefficient (Wildman–Crippen LogP) is 1.76. The van der Waals surface area contributed by atoms with Crippen molar-refractivity contribution in [2.24, 2.45) is 0 Å². The third-order valence-corrected chi connectivity index (χ3v) is 2.04. The molecule has 0 bridgehead atoms. The molecule has 0 saturated heterocycles. The van der Waals surface area contributed by atoms with Crippen LogP contribution in [0, 0.1) is 11.3 Å². The highest BCUT2D eigenvalue weighted by Crippen LogP contribution is 2.25. The van der Waals surface area contributed by atoms with Crippen LogP contribution in [0.1, 0.15) is 26.3 Å². The molecule has 0 unspecified atom stereocenters. The van der Waals surface area contributed by atoms with E-state index >= 15 is 0 Å². The molecule has 0 aliphatic carbocycles. The average molecular weight is 224 g/mol. The Hall–Kier alpha value is -1.86. The normalized spacial score (nSPS) is 9.13. The number of hydrogen-bond donors (Lipinski definition) is 0. The number of ether oxygens (including phenoxy) is 1. The topological polar surface area (TPSA) is 67.2 Å². The largest absolute Gasteiger partial charge is 0.496 e. The van der Waals surface area contributed by atoms with Crippen LogP contribution in [0.4, 0.5) is 0 Å². The van der Waals surface area contributed by atoms with Gasteiger partial charge in [-0.2, -0.15) is 5.26 Å². The minimum absolute atomic E-state index is 0.0654. The zero-order chi connectivity index (χ0) is 11.4. The van der Waals surface area contributed by atoms with Crippen molar-refractivity contribution in [2.45, 2.75) is 0 Å². The van der Waals surface area contributed by atoms with Crippen LogP contribution in [0.15, 0.2) is 12.1 Å². The number of hydrogen-bond acceptors (Lipinski definition) is 4. The molecule has 15 heavy (non-hydrogen) atoms. The lowest BCUT2D eigenvalue weighted by molar-refractivity contribution is 0.107. The van der Waals surface area contributed by atoms with E-state index in [9.17, 15) is 9.59 Å². The molecule has 5 heteroatoms. The van der Waals surface area contributed by atoms with Crippen molar-refractivity contribution in [3.05, 3.63) is 28.8 Å². The number of carbonyl (C=O) groups excluding carboxylic acids is 2. The molecule has 0 radical (unpaired) electrons. The summed E-state index contributed by atoms with van der Waals surface area (Å²) in [7, 11) is 1.35. The molecule has 0 amide bonds. The van der Waals surface area contributed by atoms with Gasteiger partial charge in [-0.15, -0.1) is 0 Å². The average Bonchev–Trinajstić information content (AvgIpc) is 2.26. The number of benzene rings is 1. The first kappa shape index (κ1) is 11.2. The fraction of sp³-hybridized carbons (Fsp3) is 0.100. The Morgan fingerprint density at radius 1 is 1.60 bits per heavy atom. The lowest BCUT2D eigenvalue weighted by Gasteiger charge is -2.07. The highest BCUT2D eigenvalue weighted by Gasteiger charge is 2.18. The second kappa shape index (κ2) is 4.58. The summed E-state index contributed by atoms with van der Waals surface area (Å²) in [6.45, 7) is 0. The van der Waals surface area contributed by atoms with Gasteiger partial charge in [-0.25, -0.2) is 0 Å². The standard InChI is InChI=1S/C10H6ClNO3/c1-15-8-3-2-6(5-13)7(4-12)9(8)10(11)14/h2-3,5H,1H3. The zero-order valence-corrected chi connectivity index (χ0v) is 8.54. The van der Waals surface area contributed by atoms with Gasteiger partial charge in [-0.3, -0.25) is 9.59 Å². The van der Waals surface area contributed by atoms with Gasteiger partial charge in [0.05, 0.1) is 18.2 Å². The maximum Gasteiger partial charge on any atom is 0.257 e. The second-order valence-corrected chi connectivity index (χ2v) is 2.95. The van der Waals surface area contributed by atoms with Crippen LogP contribution < -0.4 is 4.74 Å². The van der Waals surface area contributed by atoms with Crippen LogP contribution in [0.25, 0.3) is 0 Å². The van der Waals surface area contributed by atoms with Gasteiger partial charge in [-0.1, -0.05) is 0 Å². The number of nitrogens with zero attached hydrogens (tertiary/aromatic N) is 1. The first-order valence-corrected chi connectivity index (χ1v) is 4.29. The first-order valence-electron chi connectivity index (χ1n) is 3.91. The molecule has 0 aromatic heterocycles. The Morgan fingerprint density at radius 2 is 2.27 bits per heavy atom. The minimum atomic E-state index is -0.827. The molecule has 0 aliphatic heterocycles. The molecule has 0 heterocycles. The molecule has 1 aromatic rings. The van der Waals surface area contributed by atoms with E-state index in [4.69, 9.17) is 21.6 Å². The van der Waals surface area contributed by atoms with E-state index in [1.807, 2.05) is 0 Å². The quantitative estimate of drug-likeness (QED) is 0.578. The molecule has 0 N–H and O–H groups in total. The predicted molar refractivity (Wildman–Crippen MR) is 53.3 cm³/mol. The molecule has 1 rings (SSSR count). The van der Waals surface area contributed by atoms with Crippen LogP contribution in [-0.4, -0.2) is 18.6 Å². The van der Waals surface area contributed by atoms with Crippen molar-refractivity contribution in [3.63, 3.8) is 0 Å². The first-order chi connectivity index (χ1) is 7.15. The highest BCUT2D eigenvalue weighted by molar-refractivity contribution is 6.68. The molecule has 1 aromatic carbocycles. The molecular weight excluding hydrogens is 218 g/mol. The lowest BCUT2D eigenvalue weighted by Crippen LogP contribution is -2.02. The summed E-state index contributed by atoms with van der Waals surface area (Å²) in [6.07, 6.45) is 0.487. The Bertz CT molecular complexity index is 462. The summed E-state index contributed by atoms with van der Waals surface area (Å²) in [6, 6.07) is 4.57. The third kappa shape index (κ3) is 1.97. The van der Waals surface area contributed by atoms with E-state index in [1.54, 1.807) is 6.07 Å². The Kier molecular flexibility index (Phi) is 3.42. The fourth-order valence-corrected chi connectivity index (χ4v) is 1.37. The summed E-state index contributed by atoms with van der Waals surface area (Å²) in [5.41, 5.74) is -0.0297. The van der Waals surface area contributed by atoms with Gasteiger partial charge in [0.2, 0.25) is 0 Å². The molecule has 0 aliphatic rings. The van der Waals surface area contributed by atoms with E-state index in [0.29, 0.717) is 6.29 Å². The van der Waals surface area contributed by atoms with Gasteiger partial charge in [0.15, 0.2) is 6.29 Å². The van der Waals surface area contributed by atoms with Gasteiger partial charge >= 0.3 is 0 Å². The van der Waals surface area contributed by atoms with Gasteiger partial charge in [0, 0.05) is 5.56 Å². The SMILES string of the molecule is COc1ccc(C=O)c(C#N)c1C(=O)Cl. The van der Waals surface area contributed by atoms with Crippen molar-refractivity contribution >= 4 is 23.1 Å². The maximum absolute atomic E-state index is 11.1. The highest BCUT2D eigenvalue weighted by atomic mass is 35.5. The smallest absolute Gasteiger partial charge is 0.257 e. The lowest BCUT2D eigenvalue weighted by atomic mass is 10.0. The number of methoxy groups -OCH3 is 1. The van der Waals surface area contributed by atoms with E-state index < -0.39 is 5.24 Å². The van der Waals surface area contributed by atoms with E-state index in [2.05, 4.69) is 0 Å². The summed E-state index contributed by atoms with van der Waals surface area (Å²) in [5.74, 6) is 0.178. The van der Waals surface area contributed by atoms with Crippen LogP contribution in [0.3, 0.4) is 0 Å². The van der Waals surface area contributed by atoms with Gasteiger partial charge in [0.25, 0.3) is 5.24 Å². The molecular formula is C10H6ClNO3. The maximum atomic E-state index is 11.1. The molecule has 0 saturated carbocycles. The summed E-state index contributed by atoms with van der Waals surface area (Å²) >= 11 is 5.31. The Balaban J connectivity index is 3.60.